The van der Waals surface area contributed by atoms with Gasteiger partial charge >= 0.3 is 0 Å². The normalized spacial score (nSPS) is 16.1. The number of likely N-dealkylation sites (N-methyl/N-ethyl adjacent to an activating group) is 1. The van der Waals surface area contributed by atoms with Crippen LogP contribution < -0.4 is 36.9 Å². The molecule has 23 nitrogen and oxygen atoms in total. The molecule has 2 bridgehead atoms. The number of nitrogens with one attached hydrogen (secondary N) is 3. The van der Waals surface area contributed by atoms with Crippen LogP contribution in [0.1, 0.15) is 85.6 Å². The number of ether oxygens (including phenoxy) is 6. The molecule has 2 aliphatic heterocycles. The number of fused-ring (bicyclic) bond motifs is 6. The number of benzene rings is 2. The molecule has 2 aromatic heterocycles. The number of hydrogen-bond donors (Lipinski definition) is 5. The fourth-order valence-corrected chi connectivity index (χ4v) is 8.44. The summed E-state index contributed by atoms with van der Waals surface area (Å²) in [4.78, 5) is 77.3. The van der Waals surface area contributed by atoms with E-state index >= 15 is 0 Å². The lowest BCUT2D eigenvalue weighted by Gasteiger charge is -2.40. The van der Waals surface area contributed by atoms with Gasteiger partial charge in [-0.05, 0) is 67.8 Å². The Kier molecular flexibility index (Phi) is 20.6. The summed E-state index contributed by atoms with van der Waals surface area (Å²) in [5.41, 5.74) is 14.5. The van der Waals surface area contributed by atoms with Gasteiger partial charge < -0.3 is 65.6 Å². The first kappa shape index (κ1) is 58.0. The van der Waals surface area contributed by atoms with E-state index in [1.807, 2.05) is 32.9 Å². The Balaban J connectivity index is 0.844. The number of nitriles is 1. The third-order valence-corrected chi connectivity index (χ3v) is 12.7. The van der Waals surface area contributed by atoms with Crippen molar-refractivity contribution < 1.29 is 56.8 Å². The van der Waals surface area contributed by atoms with Crippen LogP contribution in [0.4, 0.5) is 10.2 Å². The van der Waals surface area contributed by atoms with E-state index < -0.39 is 53.2 Å². The zero-order valence-corrected chi connectivity index (χ0v) is 44.1. The number of anilines is 1. The zero-order valence-electron chi connectivity index (χ0n) is 44.1. The van der Waals surface area contributed by atoms with Gasteiger partial charge in [0.05, 0.1) is 95.1 Å². The number of nitrogens with two attached hydrogens (primary N) is 2. The molecule has 24 heteroatoms. The van der Waals surface area contributed by atoms with Gasteiger partial charge in [-0.3, -0.25) is 28.7 Å². The molecule has 4 aromatic rings. The summed E-state index contributed by atoms with van der Waals surface area (Å²) in [6.07, 6.45) is 0.872. The van der Waals surface area contributed by atoms with Crippen molar-refractivity contribution in [3.8, 4) is 29.0 Å². The van der Waals surface area contributed by atoms with Crippen molar-refractivity contribution in [1.82, 2.24) is 45.5 Å². The average molecular weight is 1060 g/mol. The molecule has 0 radical (unpaired) electrons. The molecule has 0 spiro atoms. The smallest absolute Gasteiger partial charge is 0.258 e. The van der Waals surface area contributed by atoms with E-state index in [9.17, 15) is 33.6 Å². The van der Waals surface area contributed by atoms with Crippen molar-refractivity contribution in [2.45, 2.75) is 91.3 Å². The van der Waals surface area contributed by atoms with Crippen LogP contribution in [-0.2, 0) is 64.2 Å². The van der Waals surface area contributed by atoms with E-state index in [1.165, 1.54) is 38.9 Å². The van der Waals surface area contributed by atoms with Crippen molar-refractivity contribution in [2.75, 3.05) is 85.8 Å². The maximum absolute atomic E-state index is 14.4. The summed E-state index contributed by atoms with van der Waals surface area (Å²) in [5.74, 6) is -2.11. The van der Waals surface area contributed by atoms with E-state index in [4.69, 9.17) is 39.9 Å². The third kappa shape index (κ3) is 15.2. The minimum absolute atomic E-state index is 0.0323. The molecular formula is C52H69FN12O11. The minimum Gasteiger partial charge on any atom is -0.491 e. The van der Waals surface area contributed by atoms with Crippen molar-refractivity contribution in [3.63, 3.8) is 0 Å². The molecule has 2 aromatic carbocycles. The molecule has 0 saturated heterocycles. The molecular weight excluding hydrogens is 988 g/mol. The topological polar surface area (TPSA) is 303 Å². The Morgan fingerprint density at radius 3 is 2.28 bits per heavy atom. The molecule has 7 N–H and O–H groups in total. The zero-order chi connectivity index (χ0) is 55.1. The van der Waals surface area contributed by atoms with Gasteiger partial charge in [-0.2, -0.15) is 10.4 Å². The highest BCUT2D eigenvalue weighted by Crippen LogP contribution is 2.34. The second-order valence-corrected chi connectivity index (χ2v) is 19.3. The van der Waals surface area contributed by atoms with Crippen LogP contribution in [0.2, 0.25) is 0 Å². The summed E-state index contributed by atoms with van der Waals surface area (Å²) in [7, 11) is 3.23. The van der Waals surface area contributed by atoms with Gasteiger partial charge in [0.25, 0.3) is 11.8 Å². The Labute approximate surface area is 441 Å². The number of hydrogen-bond acceptors (Lipinski definition) is 17. The number of halogens is 1. The van der Waals surface area contributed by atoms with Gasteiger partial charge in [-0.25, -0.2) is 14.4 Å². The molecule has 0 unspecified atom stereocenters. The summed E-state index contributed by atoms with van der Waals surface area (Å²) < 4.78 is 50.1. The van der Waals surface area contributed by atoms with E-state index in [1.54, 1.807) is 34.0 Å². The van der Waals surface area contributed by atoms with Crippen molar-refractivity contribution in [2.24, 2.45) is 11.1 Å². The Hall–Kier alpha value is -7.30. The summed E-state index contributed by atoms with van der Waals surface area (Å²) >= 11 is 0. The van der Waals surface area contributed by atoms with Gasteiger partial charge in [0.15, 0.2) is 5.82 Å². The quantitative estimate of drug-likeness (QED) is 0.0628. The van der Waals surface area contributed by atoms with Crippen LogP contribution in [0.3, 0.4) is 0 Å². The minimum atomic E-state index is -0.897. The molecule has 4 atom stereocenters. The van der Waals surface area contributed by atoms with E-state index in [2.05, 4.69) is 37.1 Å². The van der Waals surface area contributed by atoms with E-state index in [-0.39, 0.29) is 99.3 Å². The van der Waals surface area contributed by atoms with Crippen LogP contribution in [0.15, 0.2) is 42.6 Å². The Morgan fingerprint density at radius 2 is 1.63 bits per heavy atom. The molecule has 6 rings (SSSR count). The van der Waals surface area contributed by atoms with E-state index in [0.717, 1.165) is 11.1 Å². The lowest BCUT2D eigenvalue weighted by Crippen LogP contribution is -2.61. The van der Waals surface area contributed by atoms with Crippen LogP contribution in [0.25, 0.3) is 11.3 Å². The number of aromatic nitrogens is 4. The van der Waals surface area contributed by atoms with Gasteiger partial charge in [0.1, 0.15) is 48.1 Å². The highest BCUT2D eigenvalue weighted by molar-refractivity contribution is 5.96. The number of amides is 5. The van der Waals surface area contributed by atoms with Gasteiger partial charge in [-0.1, -0.05) is 26.8 Å². The number of nitrogens with zero attached hydrogens (tertiary/aromatic N) is 7. The standard InChI is InChI=1S/C52H69FN12O11/c1-31(57-6)48(68)61-45(52(3,4)5)51(70)64-29-34-24-36(10-8-33(34)25-41(64)47(56)67)75-23-22-74-21-20-73-19-18-72-17-16-71-15-12-43(66)58-13-14-65-42(27-54)44-39-28-59-46(55)49(60-39)76-32(2)38-26-35(53)9-11-37(38)50(69)63(7)30-40(44)62-65/h8-11,24,26,28,31-32,41,45,57H,12-23,25,29-30H2,1-7H3,(H2,55,59)(H2,56,67)(H,58,66)(H,61,68)/t31-,32-,41-,45+/m1/s1. The number of primary amides is 1. The van der Waals surface area contributed by atoms with Crippen LogP contribution >= 0.6 is 0 Å². The Morgan fingerprint density at radius 1 is 0.961 bits per heavy atom. The molecule has 0 fully saturated rings. The van der Waals surface area contributed by atoms with Gasteiger partial charge in [-0.15, -0.1) is 0 Å². The second-order valence-electron chi connectivity index (χ2n) is 19.3. The summed E-state index contributed by atoms with van der Waals surface area (Å²) in [5, 5.41) is 23.5. The van der Waals surface area contributed by atoms with Crippen molar-refractivity contribution in [1.29, 1.82) is 5.26 Å². The molecule has 2 aliphatic rings. The predicted molar refractivity (Wildman–Crippen MR) is 274 cm³/mol. The molecule has 76 heavy (non-hydrogen) atoms. The maximum Gasteiger partial charge on any atom is 0.258 e. The van der Waals surface area contributed by atoms with Crippen molar-refractivity contribution in [3.05, 3.63) is 82.1 Å². The molecule has 0 saturated carbocycles. The first-order valence-corrected chi connectivity index (χ1v) is 25.0. The van der Waals surface area contributed by atoms with Gasteiger partial charge in [0, 0.05) is 44.1 Å². The van der Waals surface area contributed by atoms with Crippen LogP contribution in [0.5, 0.6) is 11.6 Å². The number of carbonyl (C=O) groups excluding carboxylic acids is 5. The highest BCUT2D eigenvalue weighted by Gasteiger charge is 2.42. The largest absolute Gasteiger partial charge is 0.491 e. The van der Waals surface area contributed by atoms with Crippen LogP contribution in [0, 0.1) is 22.6 Å². The number of rotatable bonds is 24. The van der Waals surface area contributed by atoms with Gasteiger partial charge in [0.2, 0.25) is 23.6 Å². The monoisotopic (exact) mass is 1060 g/mol. The number of carbonyl (C=O) groups is 5. The molecule has 5 amide bonds. The molecule has 410 valence electrons. The maximum atomic E-state index is 14.4. The highest BCUT2D eigenvalue weighted by atomic mass is 19.1. The number of nitrogen functional groups attached to an aromatic ring is 1. The third-order valence-electron chi connectivity index (χ3n) is 12.7. The summed E-state index contributed by atoms with van der Waals surface area (Å²) in [6, 6.07) is 9.18. The SMILES string of the molecule is CN[C@H](C)C(=O)N[C@@H](C(=O)N1Cc2cc(OCCOCCOCCOCCOCCC(=O)NCCn3nc4c(c3C#N)-c3cnc(N)c(n3)O[C@H](C)c3cc(F)ccc3C(=O)N(C)C4)ccc2C[C@@H]1C(N)=O)C(C)(C)C. The fourth-order valence-electron chi connectivity index (χ4n) is 8.44. The summed E-state index contributed by atoms with van der Waals surface area (Å²) in [6.45, 7) is 11.9. The van der Waals surface area contributed by atoms with Crippen LogP contribution in [-0.4, -0.2) is 157 Å². The first-order valence-electron chi connectivity index (χ1n) is 25.0. The predicted octanol–water partition coefficient (Wildman–Crippen LogP) is 2.19. The average Bonchev–Trinajstić information content (AvgIpc) is 3.75. The lowest BCUT2D eigenvalue weighted by molar-refractivity contribution is -0.146. The molecule has 4 heterocycles. The second kappa shape index (κ2) is 27.0. The van der Waals surface area contributed by atoms with Crippen molar-refractivity contribution >= 4 is 35.4 Å². The first-order chi connectivity index (χ1) is 36.3. The van der Waals surface area contributed by atoms with E-state index in [0.29, 0.717) is 62.2 Å². The Bertz CT molecular complexity index is 2740. The lowest BCUT2D eigenvalue weighted by atomic mass is 9.84. The fraction of sp³-hybridized carbons (Fsp3) is 0.519. The molecule has 0 aliphatic carbocycles.